The smallest absolute Gasteiger partial charge is 0.0210 e. The Kier molecular flexibility index (Phi) is 4.83. The van der Waals surface area contributed by atoms with E-state index in [1.807, 2.05) is 0 Å². The molecule has 1 aliphatic carbocycles. The third kappa shape index (κ3) is 3.94. The maximum absolute atomic E-state index is 3.81. The predicted molar refractivity (Wildman–Crippen MR) is 73.4 cm³/mol. The fraction of sp³-hybridized carbons (Fsp3) is 1.00. The van der Waals surface area contributed by atoms with E-state index in [4.69, 9.17) is 0 Å². The van der Waals surface area contributed by atoms with Crippen molar-refractivity contribution in [1.82, 2.24) is 15.1 Å². The molecule has 3 nitrogen and oxygen atoms in total. The van der Waals surface area contributed by atoms with Gasteiger partial charge in [-0.25, -0.2) is 0 Å². The van der Waals surface area contributed by atoms with Gasteiger partial charge in [0.05, 0.1) is 0 Å². The summed E-state index contributed by atoms with van der Waals surface area (Å²) in [6, 6.07) is 2.31. The zero-order valence-corrected chi connectivity index (χ0v) is 11.8. The van der Waals surface area contributed by atoms with Crippen LogP contribution in [0.1, 0.15) is 40.0 Å². The molecule has 2 atom stereocenters. The van der Waals surface area contributed by atoms with Gasteiger partial charge in [-0.1, -0.05) is 13.8 Å². The summed E-state index contributed by atoms with van der Waals surface area (Å²) in [5.41, 5.74) is 0. The van der Waals surface area contributed by atoms with Crippen LogP contribution in [0.15, 0.2) is 0 Å². The summed E-state index contributed by atoms with van der Waals surface area (Å²) in [5.74, 6) is 0. The Morgan fingerprint density at radius 3 is 2.53 bits per heavy atom. The first-order chi connectivity index (χ1) is 8.22. The number of likely N-dealkylation sites (N-methyl/N-ethyl adjacent to an activating group) is 1. The van der Waals surface area contributed by atoms with Crippen molar-refractivity contribution in [2.24, 2.45) is 0 Å². The number of hydrogen-bond acceptors (Lipinski definition) is 3. The third-order valence-corrected chi connectivity index (χ3v) is 4.23. The van der Waals surface area contributed by atoms with E-state index in [1.165, 1.54) is 52.0 Å². The van der Waals surface area contributed by atoms with E-state index in [0.717, 1.165) is 12.1 Å². The molecule has 3 heteroatoms. The zero-order valence-electron chi connectivity index (χ0n) is 11.8. The minimum Gasteiger partial charge on any atom is -0.309 e. The van der Waals surface area contributed by atoms with Gasteiger partial charge in [-0.3, -0.25) is 4.90 Å². The number of nitrogens with one attached hydrogen (secondary N) is 1. The molecule has 0 amide bonds. The topological polar surface area (TPSA) is 18.5 Å². The van der Waals surface area contributed by atoms with E-state index in [2.05, 4.69) is 35.9 Å². The molecule has 1 heterocycles. The highest BCUT2D eigenvalue weighted by Crippen LogP contribution is 2.29. The molecule has 0 aromatic heterocycles. The van der Waals surface area contributed by atoms with Crippen molar-refractivity contribution in [2.45, 2.75) is 58.2 Å². The molecule has 2 aliphatic rings. The molecule has 0 radical (unpaired) electrons. The first-order valence-electron chi connectivity index (χ1n) is 7.45. The van der Waals surface area contributed by atoms with Crippen LogP contribution in [-0.4, -0.2) is 60.6 Å². The number of likely N-dealkylation sites (tertiary alicyclic amines) is 1. The predicted octanol–water partition coefficient (Wildman–Crippen LogP) is 1.54. The van der Waals surface area contributed by atoms with Crippen molar-refractivity contribution in [3.63, 3.8) is 0 Å². The van der Waals surface area contributed by atoms with Gasteiger partial charge < -0.3 is 10.2 Å². The lowest BCUT2D eigenvalue weighted by atomic mass is 10.2. The SMILES string of the molecule is CCN(CC)CC(C)NC1CCN(C2CC2)C1. The highest BCUT2D eigenvalue weighted by atomic mass is 15.2. The minimum absolute atomic E-state index is 0.624. The van der Waals surface area contributed by atoms with Crippen LogP contribution in [0.3, 0.4) is 0 Å². The van der Waals surface area contributed by atoms with E-state index >= 15 is 0 Å². The van der Waals surface area contributed by atoms with Gasteiger partial charge in [0, 0.05) is 37.8 Å². The van der Waals surface area contributed by atoms with Gasteiger partial charge in [0.2, 0.25) is 0 Å². The Bertz CT molecular complexity index is 224. The van der Waals surface area contributed by atoms with Crippen molar-refractivity contribution >= 4 is 0 Å². The molecule has 1 saturated heterocycles. The molecule has 2 unspecified atom stereocenters. The lowest BCUT2D eigenvalue weighted by molar-refractivity contribution is 0.257. The average Bonchev–Trinajstić information content (AvgIpc) is 3.08. The van der Waals surface area contributed by atoms with Gasteiger partial charge in [-0.15, -0.1) is 0 Å². The molecule has 0 spiro atoms. The largest absolute Gasteiger partial charge is 0.309 e. The van der Waals surface area contributed by atoms with Gasteiger partial charge in [-0.2, -0.15) is 0 Å². The van der Waals surface area contributed by atoms with Crippen LogP contribution in [0.5, 0.6) is 0 Å². The van der Waals surface area contributed by atoms with Crippen molar-refractivity contribution in [3.05, 3.63) is 0 Å². The van der Waals surface area contributed by atoms with Gasteiger partial charge in [-0.05, 0) is 39.3 Å². The Morgan fingerprint density at radius 1 is 1.24 bits per heavy atom. The molecular formula is C14H29N3. The van der Waals surface area contributed by atoms with Crippen LogP contribution in [-0.2, 0) is 0 Å². The average molecular weight is 239 g/mol. The lowest BCUT2D eigenvalue weighted by Crippen LogP contribution is -2.45. The molecule has 2 fully saturated rings. The Morgan fingerprint density at radius 2 is 1.94 bits per heavy atom. The van der Waals surface area contributed by atoms with Gasteiger partial charge >= 0.3 is 0 Å². The van der Waals surface area contributed by atoms with Crippen LogP contribution >= 0.6 is 0 Å². The molecule has 2 rings (SSSR count). The zero-order chi connectivity index (χ0) is 12.3. The third-order valence-electron chi connectivity index (χ3n) is 4.23. The van der Waals surface area contributed by atoms with Crippen molar-refractivity contribution in [3.8, 4) is 0 Å². The Hall–Kier alpha value is -0.120. The number of rotatable bonds is 7. The Labute approximate surface area is 107 Å². The van der Waals surface area contributed by atoms with Crippen molar-refractivity contribution < 1.29 is 0 Å². The fourth-order valence-corrected chi connectivity index (χ4v) is 3.02. The first kappa shape index (κ1) is 13.3. The molecule has 0 bridgehead atoms. The summed E-state index contributed by atoms with van der Waals surface area (Å²) in [4.78, 5) is 5.19. The molecule has 0 aromatic rings. The van der Waals surface area contributed by atoms with Crippen LogP contribution in [0.4, 0.5) is 0 Å². The monoisotopic (exact) mass is 239 g/mol. The molecule has 1 saturated carbocycles. The molecule has 17 heavy (non-hydrogen) atoms. The molecule has 1 aliphatic heterocycles. The van der Waals surface area contributed by atoms with Gasteiger partial charge in [0.25, 0.3) is 0 Å². The standard InChI is InChI=1S/C14H29N3/c1-4-16(5-2)10-12(3)15-13-8-9-17(11-13)14-6-7-14/h12-15H,4-11H2,1-3H3. The molecule has 100 valence electrons. The maximum Gasteiger partial charge on any atom is 0.0210 e. The normalized spacial score (nSPS) is 27.9. The minimum atomic E-state index is 0.624. The van der Waals surface area contributed by atoms with Crippen LogP contribution in [0, 0.1) is 0 Å². The quantitative estimate of drug-likeness (QED) is 0.727. The number of nitrogens with zero attached hydrogens (tertiary/aromatic N) is 2. The summed E-state index contributed by atoms with van der Waals surface area (Å²) in [5, 5.41) is 3.81. The van der Waals surface area contributed by atoms with E-state index in [0.29, 0.717) is 6.04 Å². The van der Waals surface area contributed by atoms with Crippen LogP contribution < -0.4 is 5.32 Å². The highest BCUT2D eigenvalue weighted by molar-refractivity contribution is 4.92. The van der Waals surface area contributed by atoms with E-state index in [-0.39, 0.29) is 0 Å². The Balaban J connectivity index is 1.66. The van der Waals surface area contributed by atoms with E-state index in [1.54, 1.807) is 0 Å². The second-order valence-corrected chi connectivity index (χ2v) is 5.77. The molecular weight excluding hydrogens is 210 g/mol. The van der Waals surface area contributed by atoms with Crippen LogP contribution in [0.25, 0.3) is 0 Å². The van der Waals surface area contributed by atoms with E-state index in [9.17, 15) is 0 Å². The van der Waals surface area contributed by atoms with Crippen molar-refractivity contribution in [1.29, 1.82) is 0 Å². The van der Waals surface area contributed by atoms with Gasteiger partial charge in [0.15, 0.2) is 0 Å². The first-order valence-corrected chi connectivity index (χ1v) is 7.45. The molecule has 0 aromatic carbocycles. The summed E-state index contributed by atoms with van der Waals surface area (Å²) >= 11 is 0. The molecule has 1 N–H and O–H groups in total. The summed E-state index contributed by atoms with van der Waals surface area (Å²) in [6.45, 7) is 13.0. The summed E-state index contributed by atoms with van der Waals surface area (Å²) in [7, 11) is 0. The lowest BCUT2D eigenvalue weighted by Gasteiger charge is -2.26. The van der Waals surface area contributed by atoms with E-state index < -0.39 is 0 Å². The highest BCUT2D eigenvalue weighted by Gasteiger charge is 2.34. The second kappa shape index (κ2) is 6.17. The van der Waals surface area contributed by atoms with Gasteiger partial charge in [0.1, 0.15) is 0 Å². The maximum atomic E-state index is 3.81. The summed E-state index contributed by atoms with van der Waals surface area (Å²) in [6.07, 6.45) is 4.24. The van der Waals surface area contributed by atoms with Crippen molar-refractivity contribution in [2.75, 3.05) is 32.7 Å². The second-order valence-electron chi connectivity index (χ2n) is 5.77. The fourth-order valence-electron chi connectivity index (χ4n) is 3.02. The summed E-state index contributed by atoms with van der Waals surface area (Å²) < 4.78 is 0. The van der Waals surface area contributed by atoms with Crippen LogP contribution in [0.2, 0.25) is 0 Å². The number of hydrogen-bond donors (Lipinski definition) is 1.